The van der Waals surface area contributed by atoms with Crippen LogP contribution >= 0.6 is 22.9 Å². The summed E-state index contributed by atoms with van der Waals surface area (Å²) in [5.74, 6) is -0.199. The summed E-state index contributed by atoms with van der Waals surface area (Å²) in [5.41, 5.74) is 0.547. The quantitative estimate of drug-likeness (QED) is 0.125. The predicted molar refractivity (Wildman–Crippen MR) is 171 cm³/mol. The number of carbonyl (C=O) groups excluding carboxylic acids is 2. The number of hydrogen-bond acceptors (Lipinski definition) is 12. The van der Waals surface area contributed by atoms with Crippen molar-refractivity contribution in [2.45, 2.75) is 26.8 Å². The number of furan rings is 1. The summed E-state index contributed by atoms with van der Waals surface area (Å²) < 4.78 is 28.9. The van der Waals surface area contributed by atoms with Gasteiger partial charge in [-0.25, -0.2) is 14.6 Å². The van der Waals surface area contributed by atoms with Crippen LogP contribution in [0.3, 0.4) is 0 Å². The van der Waals surface area contributed by atoms with Crippen molar-refractivity contribution >= 4 is 46.6 Å². The first kappa shape index (κ1) is 33.2. The molecule has 5 rings (SSSR count). The van der Waals surface area contributed by atoms with Crippen LogP contribution in [-0.2, 0) is 19.1 Å². The Labute approximate surface area is 276 Å². The molecule has 1 aliphatic heterocycles. The topological polar surface area (TPSA) is 162 Å². The van der Waals surface area contributed by atoms with Crippen molar-refractivity contribution in [1.82, 2.24) is 4.57 Å². The standard InChI is InChI=1S/C32H28ClN3O10S/c1-5-43-25-13-18(7-11-24(25)45-16-27(37)42-4)29-28(31(39)44-6-2)17(3)34-32-35(29)30(38)26(47-32)15-20-9-12-23(46-20)21-10-8-19(33)14-22(21)36(40)41/h7-15,29H,5-6,16H2,1-4H3/b26-15+/t29-/m1/s1. The van der Waals surface area contributed by atoms with Crippen molar-refractivity contribution in [2.75, 3.05) is 26.9 Å². The molecule has 4 aromatic rings. The van der Waals surface area contributed by atoms with Gasteiger partial charge in [-0.3, -0.25) is 19.5 Å². The molecule has 2 aromatic heterocycles. The normalized spacial score (nSPS) is 14.3. The molecule has 0 unspecified atom stereocenters. The van der Waals surface area contributed by atoms with Gasteiger partial charge in [-0.1, -0.05) is 29.0 Å². The zero-order chi connectivity index (χ0) is 33.8. The van der Waals surface area contributed by atoms with Crippen molar-refractivity contribution in [3.8, 4) is 22.8 Å². The van der Waals surface area contributed by atoms with E-state index in [1.807, 2.05) is 0 Å². The highest BCUT2D eigenvalue weighted by atomic mass is 35.5. The lowest BCUT2D eigenvalue weighted by Crippen LogP contribution is -2.40. The molecule has 47 heavy (non-hydrogen) atoms. The van der Waals surface area contributed by atoms with Gasteiger partial charge in [0, 0.05) is 17.2 Å². The minimum atomic E-state index is -0.954. The number of benzene rings is 2. The smallest absolute Gasteiger partial charge is 0.343 e. The molecule has 0 saturated heterocycles. The van der Waals surface area contributed by atoms with Crippen LogP contribution in [0.15, 0.2) is 74.0 Å². The minimum Gasteiger partial charge on any atom is -0.490 e. The molecule has 1 aliphatic rings. The maximum absolute atomic E-state index is 14.0. The molecule has 1 atom stereocenters. The molecule has 0 aliphatic carbocycles. The Morgan fingerprint density at radius 3 is 2.60 bits per heavy atom. The summed E-state index contributed by atoms with van der Waals surface area (Å²) in [6.45, 7) is 5.13. The van der Waals surface area contributed by atoms with Crippen LogP contribution in [0.1, 0.15) is 38.1 Å². The third-order valence-corrected chi connectivity index (χ3v) is 8.21. The van der Waals surface area contributed by atoms with Gasteiger partial charge in [0.05, 0.1) is 52.7 Å². The third kappa shape index (κ3) is 6.83. The third-order valence-electron chi connectivity index (χ3n) is 7.00. The van der Waals surface area contributed by atoms with E-state index in [9.17, 15) is 24.5 Å². The number of halogens is 1. The molecule has 13 nitrogen and oxygen atoms in total. The number of fused-ring (bicyclic) bond motifs is 1. The Bertz CT molecular complexity index is 2100. The van der Waals surface area contributed by atoms with Gasteiger partial charge < -0.3 is 23.4 Å². The summed E-state index contributed by atoms with van der Waals surface area (Å²) in [6, 6.07) is 11.3. The molecule has 0 fully saturated rings. The molecule has 3 heterocycles. The summed E-state index contributed by atoms with van der Waals surface area (Å²) in [6.07, 6.45) is 1.50. The largest absolute Gasteiger partial charge is 0.490 e. The van der Waals surface area contributed by atoms with Crippen molar-refractivity contribution in [1.29, 1.82) is 0 Å². The van der Waals surface area contributed by atoms with Gasteiger partial charge in [-0.15, -0.1) is 0 Å². The van der Waals surface area contributed by atoms with Crippen LogP contribution in [0.5, 0.6) is 11.5 Å². The average molecular weight is 682 g/mol. The first-order chi connectivity index (χ1) is 22.6. The molecule has 0 radical (unpaired) electrons. The fourth-order valence-corrected chi connectivity index (χ4v) is 6.15. The van der Waals surface area contributed by atoms with E-state index in [4.69, 9.17) is 30.2 Å². The number of nitro benzene ring substituents is 1. The number of hydrogen-bond donors (Lipinski definition) is 0. The van der Waals surface area contributed by atoms with Gasteiger partial charge in [0.25, 0.3) is 11.2 Å². The second kappa shape index (κ2) is 14.1. The Kier molecular flexibility index (Phi) is 9.92. The van der Waals surface area contributed by atoms with Crippen LogP contribution in [0.25, 0.3) is 17.4 Å². The fraction of sp³-hybridized carbons (Fsp3) is 0.250. The first-order valence-electron chi connectivity index (χ1n) is 14.3. The highest BCUT2D eigenvalue weighted by molar-refractivity contribution is 7.07. The van der Waals surface area contributed by atoms with E-state index < -0.39 is 28.5 Å². The second-order valence-corrected chi connectivity index (χ2v) is 11.4. The lowest BCUT2D eigenvalue weighted by Gasteiger charge is -2.25. The fourth-order valence-electron chi connectivity index (χ4n) is 4.95. The van der Waals surface area contributed by atoms with Gasteiger partial charge in [-0.2, -0.15) is 0 Å². The minimum absolute atomic E-state index is 0.101. The number of nitro groups is 1. The molecule has 2 aromatic carbocycles. The molecule has 0 bridgehead atoms. The number of ether oxygens (including phenoxy) is 4. The lowest BCUT2D eigenvalue weighted by molar-refractivity contribution is -0.384. The van der Waals surface area contributed by atoms with Gasteiger partial charge >= 0.3 is 11.9 Å². The highest BCUT2D eigenvalue weighted by Crippen LogP contribution is 2.37. The van der Waals surface area contributed by atoms with Crippen molar-refractivity contribution in [2.24, 2.45) is 4.99 Å². The average Bonchev–Trinajstić information content (AvgIpc) is 3.63. The van der Waals surface area contributed by atoms with Crippen LogP contribution in [-0.4, -0.2) is 48.4 Å². The van der Waals surface area contributed by atoms with Crippen molar-refractivity contribution in [3.05, 3.63) is 106 Å². The van der Waals surface area contributed by atoms with E-state index in [1.54, 1.807) is 51.1 Å². The van der Waals surface area contributed by atoms with Crippen LogP contribution in [0, 0.1) is 10.1 Å². The molecule has 244 valence electrons. The number of carbonyl (C=O) groups is 2. The van der Waals surface area contributed by atoms with Crippen LogP contribution in [0.2, 0.25) is 5.02 Å². The second-order valence-electron chi connectivity index (χ2n) is 9.93. The number of methoxy groups -OCH3 is 1. The molecule has 0 spiro atoms. The molecule has 0 saturated carbocycles. The van der Waals surface area contributed by atoms with E-state index >= 15 is 0 Å². The van der Waals surface area contributed by atoms with Crippen LogP contribution in [0.4, 0.5) is 5.69 Å². The molecular weight excluding hydrogens is 654 g/mol. The Morgan fingerprint density at radius 2 is 1.89 bits per heavy atom. The lowest BCUT2D eigenvalue weighted by atomic mass is 9.95. The number of thiazole rings is 1. The number of aromatic nitrogens is 1. The number of allylic oxidation sites excluding steroid dienone is 1. The SMILES string of the molecule is CCOC(=O)C1=C(C)N=c2s/c(=C/c3ccc(-c4ccc(Cl)cc4[N+](=O)[O-])o3)c(=O)n2[C@@H]1c1ccc(OCC(=O)OC)c(OCC)c1. The van der Waals surface area contributed by atoms with E-state index in [2.05, 4.69) is 9.73 Å². The molecular formula is C32H28ClN3O10S. The van der Waals surface area contributed by atoms with Gasteiger partial charge in [0.2, 0.25) is 0 Å². The summed E-state index contributed by atoms with van der Waals surface area (Å²) >= 11 is 7.04. The van der Waals surface area contributed by atoms with Crippen molar-refractivity contribution in [3.63, 3.8) is 0 Å². The number of nitrogens with zero attached hydrogens (tertiary/aromatic N) is 3. The maximum atomic E-state index is 14.0. The van der Waals surface area contributed by atoms with Crippen LogP contribution < -0.4 is 24.4 Å². The van der Waals surface area contributed by atoms with E-state index in [1.165, 1.54) is 36.0 Å². The zero-order valence-corrected chi connectivity index (χ0v) is 27.2. The van der Waals surface area contributed by atoms with Gasteiger partial charge in [-0.05, 0) is 62.7 Å². The Morgan fingerprint density at radius 1 is 1.11 bits per heavy atom. The summed E-state index contributed by atoms with van der Waals surface area (Å²) in [7, 11) is 1.25. The maximum Gasteiger partial charge on any atom is 0.343 e. The molecule has 15 heteroatoms. The van der Waals surface area contributed by atoms with E-state index in [-0.39, 0.29) is 69.2 Å². The monoisotopic (exact) mass is 681 g/mol. The molecule has 0 amide bonds. The number of esters is 2. The predicted octanol–water partition coefficient (Wildman–Crippen LogP) is 4.57. The summed E-state index contributed by atoms with van der Waals surface area (Å²) in [4.78, 5) is 55.0. The van der Waals surface area contributed by atoms with E-state index in [0.29, 0.717) is 16.1 Å². The Balaban J connectivity index is 1.62. The van der Waals surface area contributed by atoms with Crippen molar-refractivity contribution < 1.29 is 37.9 Å². The Hall–Kier alpha value is -5.21. The van der Waals surface area contributed by atoms with Gasteiger partial charge in [0.15, 0.2) is 22.9 Å². The zero-order valence-electron chi connectivity index (χ0n) is 25.6. The first-order valence-corrected chi connectivity index (χ1v) is 15.5. The van der Waals surface area contributed by atoms with E-state index in [0.717, 1.165) is 11.3 Å². The van der Waals surface area contributed by atoms with Gasteiger partial charge in [0.1, 0.15) is 11.5 Å². The number of rotatable bonds is 11. The molecule has 0 N–H and O–H groups in total. The summed E-state index contributed by atoms with van der Waals surface area (Å²) in [5, 5.41) is 11.8. The highest BCUT2D eigenvalue weighted by Gasteiger charge is 2.34.